The lowest BCUT2D eigenvalue weighted by Gasteiger charge is -2.57. The van der Waals surface area contributed by atoms with E-state index in [1.54, 1.807) is 0 Å². The first-order valence-corrected chi connectivity index (χ1v) is 8.91. The van der Waals surface area contributed by atoms with Gasteiger partial charge in [-0.1, -0.05) is 22.0 Å². The van der Waals surface area contributed by atoms with E-state index in [9.17, 15) is 0 Å². The maximum atomic E-state index is 3.99. The van der Waals surface area contributed by atoms with E-state index in [4.69, 9.17) is 0 Å². The van der Waals surface area contributed by atoms with Gasteiger partial charge in [0.05, 0.1) is 0 Å². The van der Waals surface area contributed by atoms with Crippen molar-refractivity contribution in [3.63, 3.8) is 0 Å². The summed E-state index contributed by atoms with van der Waals surface area (Å²) >= 11 is 3.60. The highest BCUT2D eigenvalue weighted by Gasteiger charge is 2.50. The molecule has 1 aromatic carbocycles. The Morgan fingerprint density at radius 3 is 2.30 bits per heavy atom. The molecular weight excluding hydrogens is 310 g/mol. The summed E-state index contributed by atoms with van der Waals surface area (Å²) in [6.45, 7) is 3.26. The maximum absolute atomic E-state index is 3.99. The Labute approximate surface area is 130 Å². The van der Waals surface area contributed by atoms with Crippen LogP contribution in [0.15, 0.2) is 22.7 Å². The summed E-state index contributed by atoms with van der Waals surface area (Å²) in [7, 11) is 0. The minimum absolute atomic E-state index is 0.476. The number of hydrogen-bond donors (Lipinski definition) is 1. The summed E-state index contributed by atoms with van der Waals surface area (Å²) < 4.78 is 1.20. The summed E-state index contributed by atoms with van der Waals surface area (Å²) in [6, 6.07) is 6.65. The average molecular weight is 334 g/mol. The van der Waals surface area contributed by atoms with E-state index in [2.05, 4.69) is 46.4 Å². The van der Waals surface area contributed by atoms with Crippen LogP contribution < -0.4 is 5.32 Å². The third-order valence-electron chi connectivity index (χ3n) is 6.00. The Morgan fingerprint density at radius 2 is 1.70 bits per heavy atom. The van der Waals surface area contributed by atoms with Gasteiger partial charge in [0.2, 0.25) is 0 Å². The molecule has 108 valence electrons. The quantitative estimate of drug-likeness (QED) is 0.836. The first-order valence-electron chi connectivity index (χ1n) is 8.12. The number of nitrogens with one attached hydrogen (secondary N) is 1. The average Bonchev–Trinajstić information content (AvgIpc) is 2.38. The summed E-state index contributed by atoms with van der Waals surface area (Å²) in [5.41, 5.74) is 3.34. The fourth-order valence-corrected chi connectivity index (χ4v) is 5.85. The van der Waals surface area contributed by atoms with E-state index in [0.29, 0.717) is 5.54 Å². The van der Waals surface area contributed by atoms with Crippen LogP contribution >= 0.6 is 15.9 Å². The molecule has 4 bridgehead atoms. The van der Waals surface area contributed by atoms with Gasteiger partial charge in [-0.15, -0.1) is 0 Å². The molecule has 0 atom stereocenters. The predicted octanol–water partition coefficient (Wildman–Crippen LogP) is 4.82. The van der Waals surface area contributed by atoms with Gasteiger partial charge < -0.3 is 5.32 Å². The van der Waals surface area contributed by atoms with Crippen LogP contribution in [0.3, 0.4) is 0 Å². The fourth-order valence-electron chi connectivity index (χ4n) is 5.44. The van der Waals surface area contributed by atoms with Crippen molar-refractivity contribution in [2.45, 2.75) is 57.5 Å². The fraction of sp³-hybridized carbons (Fsp3) is 0.667. The van der Waals surface area contributed by atoms with E-state index in [1.807, 2.05) is 0 Å². The molecule has 4 fully saturated rings. The minimum Gasteiger partial charge on any atom is -0.307 e. The molecule has 0 saturated heterocycles. The van der Waals surface area contributed by atoms with Crippen LogP contribution in [-0.2, 0) is 6.54 Å². The standard InChI is InChI=1S/C18H24BrN/c1-12-2-3-17(19)7-16(12)11-20-18-8-13-4-14(9-18)6-15(5-13)10-18/h2-3,7,13-15,20H,4-6,8-11H2,1H3. The van der Waals surface area contributed by atoms with E-state index < -0.39 is 0 Å². The van der Waals surface area contributed by atoms with Gasteiger partial charge in [0.25, 0.3) is 0 Å². The van der Waals surface area contributed by atoms with Gasteiger partial charge in [0, 0.05) is 16.6 Å². The molecule has 4 saturated carbocycles. The Kier molecular flexibility index (Phi) is 3.23. The van der Waals surface area contributed by atoms with Crippen molar-refractivity contribution in [1.82, 2.24) is 5.32 Å². The lowest BCUT2D eigenvalue weighted by Crippen LogP contribution is -2.58. The molecule has 1 N–H and O–H groups in total. The molecule has 5 rings (SSSR count). The third kappa shape index (κ3) is 2.35. The topological polar surface area (TPSA) is 12.0 Å². The zero-order valence-corrected chi connectivity index (χ0v) is 13.9. The van der Waals surface area contributed by atoms with Gasteiger partial charge in [-0.3, -0.25) is 0 Å². The molecule has 0 unspecified atom stereocenters. The van der Waals surface area contributed by atoms with Crippen LogP contribution in [-0.4, -0.2) is 5.54 Å². The van der Waals surface area contributed by atoms with E-state index in [1.165, 1.54) is 54.1 Å². The van der Waals surface area contributed by atoms with Crippen molar-refractivity contribution in [2.75, 3.05) is 0 Å². The summed E-state index contributed by atoms with van der Waals surface area (Å²) in [5, 5.41) is 3.99. The van der Waals surface area contributed by atoms with Gasteiger partial charge >= 0.3 is 0 Å². The number of hydrogen-bond acceptors (Lipinski definition) is 1. The Balaban J connectivity index is 1.50. The van der Waals surface area contributed by atoms with Crippen LogP contribution in [0.1, 0.15) is 49.7 Å². The normalized spacial score (nSPS) is 38.4. The van der Waals surface area contributed by atoms with E-state index in [-0.39, 0.29) is 0 Å². The van der Waals surface area contributed by atoms with E-state index >= 15 is 0 Å². The number of benzene rings is 1. The van der Waals surface area contributed by atoms with Crippen LogP contribution in [0.4, 0.5) is 0 Å². The summed E-state index contributed by atoms with van der Waals surface area (Å²) in [6.07, 6.45) is 8.88. The van der Waals surface area contributed by atoms with Crippen molar-refractivity contribution in [3.8, 4) is 0 Å². The predicted molar refractivity (Wildman–Crippen MR) is 86.6 cm³/mol. The second-order valence-corrected chi connectivity index (χ2v) is 8.54. The molecule has 4 aliphatic rings. The summed E-state index contributed by atoms with van der Waals surface area (Å²) in [4.78, 5) is 0. The van der Waals surface area contributed by atoms with Gasteiger partial charge in [0.15, 0.2) is 0 Å². The molecule has 4 aliphatic carbocycles. The molecule has 1 aromatic rings. The van der Waals surface area contributed by atoms with Gasteiger partial charge in [-0.2, -0.15) is 0 Å². The zero-order valence-electron chi connectivity index (χ0n) is 12.3. The zero-order chi connectivity index (χ0) is 13.7. The highest BCUT2D eigenvalue weighted by Crippen LogP contribution is 2.55. The molecule has 0 aromatic heterocycles. The van der Waals surface area contributed by atoms with Crippen LogP contribution in [0, 0.1) is 24.7 Å². The number of rotatable bonds is 3. The second kappa shape index (κ2) is 4.84. The molecule has 20 heavy (non-hydrogen) atoms. The maximum Gasteiger partial charge on any atom is 0.0213 e. The minimum atomic E-state index is 0.476. The SMILES string of the molecule is Cc1ccc(Br)cc1CNC12CC3CC(CC(C3)C1)C2. The highest BCUT2D eigenvalue weighted by molar-refractivity contribution is 9.10. The molecule has 0 aliphatic heterocycles. The smallest absolute Gasteiger partial charge is 0.0213 e. The monoisotopic (exact) mass is 333 g/mol. The van der Waals surface area contributed by atoms with Crippen molar-refractivity contribution in [2.24, 2.45) is 17.8 Å². The molecule has 0 amide bonds. The van der Waals surface area contributed by atoms with Gasteiger partial charge in [-0.05, 0) is 86.5 Å². The second-order valence-electron chi connectivity index (χ2n) is 7.62. The first kappa shape index (κ1) is 13.3. The van der Waals surface area contributed by atoms with Crippen molar-refractivity contribution < 1.29 is 0 Å². The lowest BCUT2D eigenvalue weighted by atomic mass is 9.53. The van der Waals surface area contributed by atoms with Crippen LogP contribution in [0.25, 0.3) is 0 Å². The molecule has 0 spiro atoms. The number of aryl methyl sites for hydroxylation is 1. The van der Waals surface area contributed by atoms with Gasteiger partial charge in [-0.25, -0.2) is 0 Å². The van der Waals surface area contributed by atoms with Crippen molar-refractivity contribution in [1.29, 1.82) is 0 Å². The highest BCUT2D eigenvalue weighted by atomic mass is 79.9. The number of halogens is 1. The largest absolute Gasteiger partial charge is 0.307 e. The molecule has 1 nitrogen and oxygen atoms in total. The van der Waals surface area contributed by atoms with Crippen LogP contribution in [0.2, 0.25) is 0 Å². The van der Waals surface area contributed by atoms with Crippen molar-refractivity contribution in [3.05, 3.63) is 33.8 Å². The molecule has 0 radical (unpaired) electrons. The molecular formula is C18H24BrN. The van der Waals surface area contributed by atoms with Crippen LogP contribution in [0.5, 0.6) is 0 Å². The van der Waals surface area contributed by atoms with Crippen molar-refractivity contribution >= 4 is 15.9 Å². The first-order chi connectivity index (χ1) is 9.62. The summed E-state index contributed by atoms with van der Waals surface area (Å²) in [5.74, 6) is 3.08. The lowest BCUT2D eigenvalue weighted by molar-refractivity contribution is -0.0206. The molecule has 2 heteroatoms. The third-order valence-corrected chi connectivity index (χ3v) is 6.50. The Hall–Kier alpha value is -0.340. The van der Waals surface area contributed by atoms with Gasteiger partial charge in [0.1, 0.15) is 0 Å². The Morgan fingerprint density at radius 1 is 1.10 bits per heavy atom. The van der Waals surface area contributed by atoms with E-state index in [0.717, 1.165) is 24.3 Å². The molecule has 0 heterocycles. The Bertz CT molecular complexity index is 487.